The van der Waals surface area contributed by atoms with Gasteiger partial charge in [-0.05, 0) is 55.7 Å². The zero-order valence-corrected chi connectivity index (χ0v) is 24.7. The number of carbonyl (C=O) groups excluding carboxylic acids is 2. The Balaban J connectivity index is 2.09. The molecule has 10 heteroatoms. The third-order valence-electron chi connectivity index (χ3n) is 6.12. The first-order valence-electron chi connectivity index (χ1n) is 12.5. The maximum Gasteiger partial charge on any atom is 0.244 e. The number of hydrogen-bond donors (Lipinski definition) is 1. The van der Waals surface area contributed by atoms with Crippen LogP contribution in [0.25, 0.3) is 0 Å². The van der Waals surface area contributed by atoms with Crippen LogP contribution in [0.2, 0.25) is 10.0 Å². The van der Waals surface area contributed by atoms with Crippen molar-refractivity contribution in [3.8, 4) is 0 Å². The number of benzene rings is 3. The van der Waals surface area contributed by atoms with Crippen molar-refractivity contribution in [3.05, 3.63) is 99.5 Å². The summed E-state index contributed by atoms with van der Waals surface area (Å²) < 4.78 is 26.8. The lowest BCUT2D eigenvalue weighted by molar-refractivity contribution is -0.140. The van der Waals surface area contributed by atoms with E-state index >= 15 is 0 Å². The van der Waals surface area contributed by atoms with Crippen LogP contribution in [0.5, 0.6) is 0 Å². The molecular formula is C29H33Cl2N3O4S. The zero-order chi connectivity index (χ0) is 28.7. The third kappa shape index (κ3) is 8.46. The SMILES string of the molecule is Cc1ccccc1N(CC(=O)N(Cc1ccc(Cl)cc1Cl)C(Cc1ccccc1)C(=O)NC(C)C)S(C)(=O)=O. The first-order chi connectivity index (χ1) is 18.4. The second-order valence-corrected chi connectivity index (χ2v) is 12.4. The Labute approximate surface area is 240 Å². The van der Waals surface area contributed by atoms with Crippen LogP contribution in [0.15, 0.2) is 72.8 Å². The Morgan fingerprint density at radius 3 is 2.18 bits per heavy atom. The highest BCUT2D eigenvalue weighted by atomic mass is 35.5. The van der Waals surface area contributed by atoms with Crippen molar-refractivity contribution in [3.63, 3.8) is 0 Å². The molecule has 1 unspecified atom stereocenters. The van der Waals surface area contributed by atoms with E-state index in [0.717, 1.165) is 16.1 Å². The van der Waals surface area contributed by atoms with Gasteiger partial charge in [-0.15, -0.1) is 0 Å². The van der Waals surface area contributed by atoms with Gasteiger partial charge >= 0.3 is 0 Å². The van der Waals surface area contributed by atoms with E-state index in [1.54, 1.807) is 49.4 Å². The van der Waals surface area contributed by atoms with E-state index in [2.05, 4.69) is 5.32 Å². The monoisotopic (exact) mass is 589 g/mol. The number of hydrogen-bond acceptors (Lipinski definition) is 4. The predicted molar refractivity (Wildman–Crippen MR) is 158 cm³/mol. The molecule has 3 aromatic rings. The molecule has 0 aromatic heterocycles. The molecule has 0 aliphatic rings. The highest BCUT2D eigenvalue weighted by Gasteiger charge is 2.33. The molecule has 208 valence electrons. The third-order valence-corrected chi connectivity index (χ3v) is 7.83. The van der Waals surface area contributed by atoms with Gasteiger partial charge in [-0.1, -0.05) is 77.8 Å². The first-order valence-corrected chi connectivity index (χ1v) is 15.1. The summed E-state index contributed by atoms with van der Waals surface area (Å²) in [5.74, 6) is -0.899. The summed E-state index contributed by atoms with van der Waals surface area (Å²) in [6.07, 6.45) is 1.28. The van der Waals surface area contributed by atoms with Crippen molar-refractivity contribution in [2.45, 2.75) is 45.8 Å². The molecule has 0 saturated carbocycles. The summed E-state index contributed by atoms with van der Waals surface area (Å²) in [5.41, 5.74) is 2.51. The van der Waals surface area contributed by atoms with E-state index in [0.29, 0.717) is 26.9 Å². The smallest absolute Gasteiger partial charge is 0.244 e. The summed E-state index contributed by atoms with van der Waals surface area (Å²) >= 11 is 12.6. The summed E-state index contributed by atoms with van der Waals surface area (Å²) in [4.78, 5) is 29.0. The van der Waals surface area contributed by atoms with Crippen molar-refractivity contribution in [2.75, 3.05) is 17.1 Å². The average Bonchev–Trinajstić information content (AvgIpc) is 2.85. The van der Waals surface area contributed by atoms with Crippen LogP contribution in [0.4, 0.5) is 5.69 Å². The van der Waals surface area contributed by atoms with Crippen LogP contribution in [0, 0.1) is 6.92 Å². The van der Waals surface area contributed by atoms with Crippen LogP contribution in [-0.4, -0.2) is 50.0 Å². The molecule has 0 radical (unpaired) electrons. The van der Waals surface area contributed by atoms with Gasteiger partial charge < -0.3 is 10.2 Å². The number of amides is 2. The van der Waals surface area contributed by atoms with Crippen molar-refractivity contribution in [2.24, 2.45) is 0 Å². The van der Waals surface area contributed by atoms with E-state index < -0.39 is 28.5 Å². The maximum absolute atomic E-state index is 14.1. The van der Waals surface area contributed by atoms with Crippen molar-refractivity contribution >= 4 is 50.7 Å². The van der Waals surface area contributed by atoms with Gasteiger partial charge in [0, 0.05) is 29.1 Å². The zero-order valence-electron chi connectivity index (χ0n) is 22.4. The lowest BCUT2D eigenvalue weighted by Gasteiger charge is -2.34. The van der Waals surface area contributed by atoms with Crippen molar-refractivity contribution in [1.29, 1.82) is 0 Å². The van der Waals surface area contributed by atoms with E-state index in [1.807, 2.05) is 44.2 Å². The van der Waals surface area contributed by atoms with E-state index in [4.69, 9.17) is 23.2 Å². The minimum atomic E-state index is -3.84. The summed E-state index contributed by atoms with van der Waals surface area (Å²) in [6, 6.07) is 20.1. The number of sulfonamides is 1. The average molecular weight is 591 g/mol. The first kappa shape index (κ1) is 30.5. The molecule has 3 rings (SSSR count). The second-order valence-electron chi connectivity index (χ2n) is 9.68. The second kappa shape index (κ2) is 13.3. The minimum absolute atomic E-state index is 0.0246. The predicted octanol–water partition coefficient (Wildman–Crippen LogP) is 5.23. The lowest BCUT2D eigenvalue weighted by Crippen LogP contribution is -2.54. The molecule has 0 heterocycles. The van der Waals surface area contributed by atoms with Gasteiger partial charge in [-0.2, -0.15) is 0 Å². The minimum Gasteiger partial charge on any atom is -0.352 e. The molecule has 1 atom stereocenters. The molecule has 1 N–H and O–H groups in total. The molecule has 2 amide bonds. The number of anilines is 1. The molecule has 3 aromatic carbocycles. The van der Waals surface area contributed by atoms with Gasteiger partial charge in [0.2, 0.25) is 21.8 Å². The number of carbonyl (C=O) groups is 2. The molecule has 0 bridgehead atoms. The molecule has 39 heavy (non-hydrogen) atoms. The van der Waals surface area contributed by atoms with Crippen molar-refractivity contribution in [1.82, 2.24) is 10.2 Å². The molecule has 0 saturated heterocycles. The largest absolute Gasteiger partial charge is 0.352 e. The Morgan fingerprint density at radius 2 is 1.59 bits per heavy atom. The highest BCUT2D eigenvalue weighted by molar-refractivity contribution is 7.92. The van der Waals surface area contributed by atoms with Crippen LogP contribution in [-0.2, 0) is 32.6 Å². The van der Waals surface area contributed by atoms with E-state index in [1.165, 1.54) is 4.90 Å². The lowest BCUT2D eigenvalue weighted by atomic mass is 10.0. The topological polar surface area (TPSA) is 86.8 Å². The summed E-state index contributed by atoms with van der Waals surface area (Å²) in [5, 5.41) is 3.68. The molecule has 0 aliphatic heterocycles. The molecule has 0 fully saturated rings. The normalized spacial score (nSPS) is 12.2. The Morgan fingerprint density at radius 1 is 0.949 bits per heavy atom. The van der Waals surface area contributed by atoms with Crippen LogP contribution < -0.4 is 9.62 Å². The number of para-hydroxylation sites is 1. The van der Waals surface area contributed by atoms with Gasteiger partial charge in [0.05, 0.1) is 11.9 Å². The molecular weight excluding hydrogens is 557 g/mol. The van der Waals surface area contributed by atoms with E-state index in [-0.39, 0.29) is 24.9 Å². The fourth-order valence-electron chi connectivity index (χ4n) is 4.21. The number of nitrogens with zero attached hydrogens (tertiary/aromatic N) is 2. The Hall–Kier alpha value is -3.07. The van der Waals surface area contributed by atoms with Crippen LogP contribution >= 0.6 is 23.2 Å². The van der Waals surface area contributed by atoms with Gasteiger partial charge in [-0.3, -0.25) is 13.9 Å². The standard InChI is InChI=1S/C29H33Cl2N3O4S/c1-20(2)32-29(36)27(16-22-11-6-5-7-12-22)33(18-23-14-15-24(30)17-25(23)31)28(35)19-34(39(4,37)38)26-13-9-8-10-21(26)3/h5-15,17,20,27H,16,18-19H2,1-4H3,(H,32,36). The fourth-order valence-corrected chi connectivity index (χ4v) is 5.58. The number of halogens is 2. The van der Waals surface area contributed by atoms with Crippen LogP contribution in [0.1, 0.15) is 30.5 Å². The molecule has 7 nitrogen and oxygen atoms in total. The molecule has 0 aliphatic carbocycles. The van der Waals surface area contributed by atoms with Crippen LogP contribution in [0.3, 0.4) is 0 Å². The van der Waals surface area contributed by atoms with Gasteiger partial charge in [0.1, 0.15) is 12.6 Å². The highest BCUT2D eigenvalue weighted by Crippen LogP contribution is 2.26. The Kier molecular flexibility index (Phi) is 10.4. The van der Waals surface area contributed by atoms with E-state index in [9.17, 15) is 18.0 Å². The van der Waals surface area contributed by atoms with Crippen molar-refractivity contribution < 1.29 is 18.0 Å². The van der Waals surface area contributed by atoms with Gasteiger partial charge in [0.15, 0.2) is 0 Å². The fraction of sp³-hybridized carbons (Fsp3) is 0.310. The quantitative estimate of drug-likeness (QED) is 0.331. The van der Waals surface area contributed by atoms with Gasteiger partial charge in [-0.25, -0.2) is 8.42 Å². The number of aryl methyl sites for hydroxylation is 1. The summed E-state index contributed by atoms with van der Waals surface area (Å²) in [6.45, 7) is 4.93. The summed E-state index contributed by atoms with van der Waals surface area (Å²) in [7, 11) is -3.84. The number of rotatable bonds is 11. The van der Waals surface area contributed by atoms with Gasteiger partial charge in [0.25, 0.3) is 0 Å². The maximum atomic E-state index is 14.1. The Bertz CT molecular complexity index is 1420. The molecule has 0 spiro atoms. The number of nitrogens with one attached hydrogen (secondary N) is 1.